The maximum atomic E-state index is 15.1. The summed E-state index contributed by atoms with van der Waals surface area (Å²) in [6.07, 6.45) is 6.01. The van der Waals surface area contributed by atoms with E-state index in [0.29, 0.717) is 17.2 Å². The highest BCUT2D eigenvalue weighted by molar-refractivity contribution is 5.75. The van der Waals surface area contributed by atoms with Crippen LogP contribution in [0.25, 0.3) is 22.4 Å². The van der Waals surface area contributed by atoms with Gasteiger partial charge >= 0.3 is 0 Å². The number of aryl methyl sites for hydroxylation is 1. The van der Waals surface area contributed by atoms with E-state index >= 15 is 4.39 Å². The predicted molar refractivity (Wildman–Crippen MR) is 130 cm³/mol. The third kappa shape index (κ3) is 3.96. The zero-order chi connectivity index (χ0) is 24.3. The molecule has 0 unspecified atom stereocenters. The number of rotatable bonds is 4. The Balaban J connectivity index is 1.40. The summed E-state index contributed by atoms with van der Waals surface area (Å²) in [5.41, 5.74) is 1.27. The number of pyridine rings is 1. The van der Waals surface area contributed by atoms with Crippen molar-refractivity contribution in [1.29, 1.82) is 0 Å². The topological polar surface area (TPSA) is 83.3 Å². The Morgan fingerprint density at radius 1 is 1.09 bits per heavy atom. The minimum absolute atomic E-state index is 0.00535. The average Bonchev–Trinajstić information content (AvgIpc) is 3.01. The molecule has 5 rings (SSSR count). The van der Waals surface area contributed by atoms with Gasteiger partial charge in [0.15, 0.2) is 5.82 Å². The van der Waals surface area contributed by atoms with Crippen LogP contribution < -0.4 is 15.8 Å². The van der Waals surface area contributed by atoms with E-state index in [9.17, 15) is 9.90 Å². The molecular weight excluding hydrogens is 433 g/mol. The number of phenols is 1. The normalized spacial score (nSPS) is 26.0. The van der Waals surface area contributed by atoms with Crippen molar-refractivity contribution in [2.45, 2.75) is 56.7 Å². The molecule has 178 valence electrons. The Hall–Kier alpha value is -3.26. The molecule has 2 aromatic heterocycles. The fourth-order valence-corrected chi connectivity index (χ4v) is 5.67. The summed E-state index contributed by atoms with van der Waals surface area (Å²) in [5.74, 6) is -0.150. The Bertz CT molecular complexity index is 1270. The summed E-state index contributed by atoms with van der Waals surface area (Å²) in [6.45, 7) is 4.57. The number of fused-ring (bicyclic) bond motifs is 2. The van der Waals surface area contributed by atoms with E-state index in [1.54, 1.807) is 25.4 Å². The van der Waals surface area contributed by atoms with Crippen molar-refractivity contribution >= 4 is 5.82 Å². The van der Waals surface area contributed by atoms with Gasteiger partial charge in [-0.05, 0) is 81.0 Å². The molecular formula is C26H30FN5O2. The van der Waals surface area contributed by atoms with Crippen molar-refractivity contribution in [3.63, 3.8) is 0 Å². The molecule has 0 radical (unpaired) electrons. The standard InChI is InChI=1S/C26H30FN5O2/c1-25-8-9-26(2,30-25)15-18(14-25)32(4)22-6-5-20(28-29-22)24-19(27)11-17(12-21(24)33)16-7-10-31(3)23(34)13-16/h5-7,10-13,18,30,33H,8-9,14-15H2,1-4H3/t18-,25+,26-. The third-order valence-electron chi connectivity index (χ3n) is 7.53. The van der Waals surface area contributed by atoms with E-state index in [4.69, 9.17) is 0 Å². The van der Waals surface area contributed by atoms with Crippen LogP contribution in [-0.2, 0) is 7.05 Å². The molecule has 1 aromatic carbocycles. The summed E-state index contributed by atoms with van der Waals surface area (Å²) in [6, 6.07) is 9.71. The first-order chi connectivity index (χ1) is 16.1. The zero-order valence-electron chi connectivity index (χ0n) is 20.0. The highest BCUT2D eigenvalue weighted by atomic mass is 19.1. The number of hydrogen-bond donors (Lipinski definition) is 2. The monoisotopic (exact) mass is 463 g/mol. The van der Waals surface area contributed by atoms with Gasteiger partial charge in [-0.1, -0.05) is 0 Å². The van der Waals surface area contributed by atoms with Gasteiger partial charge < -0.3 is 19.9 Å². The molecule has 7 nitrogen and oxygen atoms in total. The molecule has 0 spiro atoms. The Morgan fingerprint density at radius 2 is 1.79 bits per heavy atom. The van der Waals surface area contributed by atoms with Gasteiger partial charge in [-0.25, -0.2) is 4.39 Å². The van der Waals surface area contributed by atoms with Gasteiger partial charge in [0.1, 0.15) is 11.6 Å². The number of phenolic OH excluding ortho intramolecular Hbond substituents is 1. The molecule has 3 atom stereocenters. The van der Waals surface area contributed by atoms with Crippen LogP contribution in [0.1, 0.15) is 39.5 Å². The van der Waals surface area contributed by atoms with Crippen molar-refractivity contribution in [2.24, 2.45) is 7.05 Å². The number of nitrogens with zero attached hydrogens (tertiary/aromatic N) is 4. The zero-order valence-corrected chi connectivity index (χ0v) is 20.0. The molecule has 34 heavy (non-hydrogen) atoms. The molecule has 2 bridgehead atoms. The largest absolute Gasteiger partial charge is 0.507 e. The van der Waals surface area contributed by atoms with Crippen LogP contribution in [0.2, 0.25) is 0 Å². The van der Waals surface area contributed by atoms with E-state index in [1.807, 2.05) is 13.1 Å². The van der Waals surface area contributed by atoms with E-state index in [0.717, 1.165) is 18.7 Å². The molecule has 2 aliphatic rings. The van der Waals surface area contributed by atoms with Crippen LogP contribution in [0.5, 0.6) is 5.75 Å². The number of hydrogen-bond acceptors (Lipinski definition) is 6. The third-order valence-corrected chi connectivity index (χ3v) is 7.53. The lowest BCUT2D eigenvalue weighted by molar-refractivity contribution is 0.207. The fourth-order valence-electron chi connectivity index (χ4n) is 5.67. The quantitative estimate of drug-likeness (QED) is 0.612. The Labute approximate surface area is 198 Å². The minimum atomic E-state index is -0.623. The van der Waals surface area contributed by atoms with E-state index < -0.39 is 5.82 Å². The van der Waals surface area contributed by atoms with E-state index in [-0.39, 0.29) is 33.6 Å². The van der Waals surface area contributed by atoms with E-state index in [2.05, 4.69) is 34.3 Å². The number of aromatic nitrogens is 3. The Kier molecular flexibility index (Phi) is 5.24. The molecule has 3 aromatic rings. The van der Waals surface area contributed by atoms with Gasteiger partial charge in [0, 0.05) is 43.5 Å². The van der Waals surface area contributed by atoms with Gasteiger partial charge in [-0.15, -0.1) is 10.2 Å². The first-order valence-corrected chi connectivity index (χ1v) is 11.6. The predicted octanol–water partition coefficient (Wildman–Crippen LogP) is 3.85. The molecule has 4 heterocycles. The second-order valence-corrected chi connectivity index (χ2v) is 10.4. The molecule has 2 aliphatic heterocycles. The summed E-state index contributed by atoms with van der Waals surface area (Å²) in [7, 11) is 3.67. The number of halogens is 1. The highest BCUT2D eigenvalue weighted by Gasteiger charge is 2.49. The van der Waals surface area contributed by atoms with Crippen LogP contribution in [0.4, 0.5) is 10.2 Å². The minimum Gasteiger partial charge on any atom is -0.507 e. The summed E-state index contributed by atoms with van der Waals surface area (Å²) >= 11 is 0. The first-order valence-electron chi connectivity index (χ1n) is 11.6. The summed E-state index contributed by atoms with van der Waals surface area (Å²) < 4.78 is 16.5. The lowest BCUT2D eigenvalue weighted by Gasteiger charge is -2.45. The van der Waals surface area contributed by atoms with Gasteiger partial charge in [-0.3, -0.25) is 4.79 Å². The van der Waals surface area contributed by atoms with E-state index in [1.165, 1.54) is 35.6 Å². The average molecular weight is 464 g/mol. The van der Waals surface area contributed by atoms with Crippen LogP contribution >= 0.6 is 0 Å². The van der Waals surface area contributed by atoms with Crippen molar-refractivity contribution in [3.8, 4) is 28.1 Å². The van der Waals surface area contributed by atoms with Crippen LogP contribution in [-0.4, -0.2) is 44.0 Å². The molecule has 8 heteroatoms. The van der Waals surface area contributed by atoms with Gasteiger partial charge in [0.2, 0.25) is 0 Å². The SMILES string of the molecule is CN(c1ccc(-c2c(O)cc(-c3ccn(C)c(=O)c3)cc2F)nn1)[C@@H]1C[C@]2(C)CC[C@](C)(C1)N2. The summed E-state index contributed by atoms with van der Waals surface area (Å²) in [5, 5.41) is 23.0. The van der Waals surface area contributed by atoms with Gasteiger partial charge in [0.25, 0.3) is 5.56 Å². The van der Waals surface area contributed by atoms with Crippen LogP contribution in [0, 0.1) is 5.82 Å². The molecule has 2 N–H and O–H groups in total. The van der Waals surface area contributed by atoms with Crippen molar-refractivity contribution in [1.82, 2.24) is 20.1 Å². The van der Waals surface area contributed by atoms with Crippen molar-refractivity contribution < 1.29 is 9.50 Å². The smallest absolute Gasteiger partial charge is 0.250 e. The number of benzene rings is 1. The van der Waals surface area contributed by atoms with Crippen LogP contribution in [0.15, 0.2) is 47.4 Å². The fraction of sp³-hybridized carbons (Fsp3) is 0.423. The lowest BCUT2D eigenvalue weighted by Crippen LogP contribution is -2.58. The highest BCUT2D eigenvalue weighted by Crippen LogP contribution is 2.44. The first kappa shape index (κ1) is 22.5. The lowest BCUT2D eigenvalue weighted by atomic mass is 9.84. The molecule has 0 amide bonds. The number of anilines is 1. The van der Waals surface area contributed by atoms with Crippen molar-refractivity contribution in [3.05, 3.63) is 58.8 Å². The number of aromatic hydroxyl groups is 1. The number of piperidine rings is 1. The Morgan fingerprint density at radius 3 is 2.38 bits per heavy atom. The second kappa shape index (κ2) is 7.91. The van der Waals surface area contributed by atoms with Crippen LogP contribution in [0.3, 0.4) is 0 Å². The maximum Gasteiger partial charge on any atom is 0.250 e. The molecule has 2 saturated heterocycles. The summed E-state index contributed by atoms with van der Waals surface area (Å²) in [4.78, 5) is 14.1. The molecule has 0 aliphatic carbocycles. The molecule has 2 fully saturated rings. The van der Waals surface area contributed by atoms with Gasteiger partial charge in [0.05, 0.1) is 11.3 Å². The number of nitrogens with one attached hydrogen (secondary N) is 1. The van der Waals surface area contributed by atoms with Gasteiger partial charge in [-0.2, -0.15) is 0 Å². The maximum absolute atomic E-state index is 15.1. The molecule has 0 saturated carbocycles. The van der Waals surface area contributed by atoms with Crippen molar-refractivity contribution in [2.75, 3.05) is 11.9 Å². The second-order valence-electron chi connectivity index (χ2n) is 10.4.